The number of hydrogen-bond acceptors (Lipinski definition) is 5. The molecule has 0 aromatic carbocycles. The third-order valence-corrected chi connectivity index (χ3v) is 2.58. The summed E-state index contributed by atoms with van der Waals surface area (Å²) in [7, 11) is 1.42. The molecule has 0 bridgehead atoms. The summed E-state index contributed by atoms with van der Waals surface area (Å²) < 4.78 is 0. The van der Waals surface area contributed by atoms with Crippen molar-refractivity contribution in [3.8, 4) is 0 Å². The summed E-state index contributed by atoms with van der Waals surface area (Å²) in [6.45, 7) is 2.94. The van der Waals surface area contributed by atoms with Gasteiger partial charge in [0, 0.05) is 33.5 Å². The third kappa shape index (κ3) is 6.83. The van der Waals surface area contributed by atoms with E-state index in [-0.39, 0.29) is 37.7 Å². The SMILES string of the molecule is CC(=O)CC(C(=O)NCCN)N(C)C(=O)CNC(C)=O. The lowest BCUT2D eigenvalue weighted by Crippen LogP contribution is -2.51. The Morgan fingerprint density at radius 1 is 1.15 bits per heavy atom. The van der Waals surface area contributed by atoms with Crippen LogP contribution < -0.4 is 16.4 Å². The lowest BCUT2D eigenvalue weighted by Gasteiger charge is -2.26. The van der Waals surface area contributed by atoms with Gasteiger partial charge in [-0.1, -0.05) is 0 Å². The number of hydrogen-bond donors (Lipinski definition) is 3. The molecule has 8 nitrogen and oxygen atoms in total. The molecule has 8 heteroatoms. The molecule has 4 N–H and O–H groups in total. The first-order valence-corrected chi connectivity index (χ1v) is 6.26. The van der Waals surface area contributed by atoms with E-state index in [0.717, 1.165) is 4.90 Å². The second-order valence-electron chi connectivity index (χ2n) is 4.42. The molecule has 0 fully saturated rings. The maximum absolute atomic E-state index is 11.9. The summed E-state index contributed by atoms with van der Waals surface area (Å²) in [6.07, 6.45) is -0.0846. The van der Waals surface area contributed by atoms with E-state index < -0.39 is 17.9 Å². The Morgan fingerprint density at radius 2 is 1.75 bits per heavy atom. The van der Waals surface area contributed by atoms with Gasteiger partial charge >= 0.3 is 0 Å². The van der Waals surface area contributed by atoms with Crippen LogP contribution in [0.2, 0.25) is 0 Å². The van der Waals surface area contributed by atoms with E-state index in [1.165, 1.54) is 20.9 Å². The van der Waals surface area contributed by atoms with Crippen LogP contribution in [0.1, 0.15) is 20.3 Å². The fourth-order valence-electron chi connectivity index (χ4n) is 1.49. The van der Waals surface area contributed by atoms with Crippen LogP contribution in [0.4, 0.5) is 0 Å². The molecule has 1 unspecified atom stereocenters. The smallest absolute Gasteiger partial charge is 0.243 e. The van der Waals surface area contributed by atoms with Crippen LogP contribution in [0.25, 0.3) is 0 Å². The minimum Gasteiger partial charge on any atom is -0.353 e. The van der Waals surface area contributed by atoms with Crippen molar-refractivity contribution in [1.29, 1.82) is 0 Å². The Balaban J connectivity index is 4.74. The second-order valence-corrected chi connectivity index (χ2v) is 4.42. The highest BCUT2D eigenvalue weighted by molar-refractivity contribution is 5.93. The highest BCUT2D eigenvalue weighted by atomic mass is 16.2. The number of amides is 3. The molecule has 0 saturated carbocycles. The van der Waals surface area contributed by atoms with Gasteiger partial charge in [-0.15, -0.1) is 0 Å². The molecule has 3 amide bonds. The molecular formula is C12H22N4O4. The van der Waals surface area contributed by atoms with Crippen LogP contribution in [-0.2, 0) is 19.2 Å². The minimum atomic E-state index is -0.902. The molecule has 0 rings (SSSR count). The van der Waals surface area contributed by atoms with Crippen molar-refractivity contribution in [1.82, 2.24) is 15.5 Å². The molecule has 0 aromatic heterocycles. The Bertz CT molecular complexity index is 384. The van der Waals surface area contributed by atoms with Gasteiger partial charge in [-0.3, -0.25) is 19.2 Å². The number of likely N-dealkylation sites (N-methyl/N-ethyl adjacent to an activating group) is 1. The van der Waals surface area contributed by atoms with E-state index in [0.29, 0.717) is 0 Å². The van der Waals surface area contributed by atoms with Crippen molar-refractivity contribution in [2.75, 3.05) is 26.7 Å². The van der Waals surface area contributed by atoms with Crippen molar-refractivity contribution in [2.45, 2.75) is 26.3 Å². The first-order valence-electron chi connectivity index (χ1n) is 6.26. The van der Waals surface area contributed by atoms with E-state index in [4.69, 9.17) is 5.73 Å². The fraction of sp³-hybridized carbons (Fsp3) is 0.667. The number of carbonyl (C=O) groups is 4. The zero-order valence-corrected chi connectivity index (χ0v) is 12.1. The van der Waals surface area contributed by atoms with E-state index >= 15 is 0 Å². The predicted octanol–water partition coefficient (Wildman–Crippen LogP) is -2.00. The zero-order chi connectivity index (χ0) is 15.7. The van der Waals surface area contributed by atoms with Gasteiger partial charge in [-0.05, 0) is 6.92 Å². The molecule has 0 aliphatic carbocycles. The Kier molecular flexibility index (Phi) is 8.14. The quantitative estimate of drug-likeness (QED) is 0.476. The van der Waals surface area contributed by atoms with Crippen LogP contribution in [-0.4, -0.2) is 61.1 Å². The first-order chi connectivity index (χ1) is 9.29. The van der Waals surface area contributed by atoms with E-state index in [9.17, 15) is 19.2 Å². The second kappa shape index (κ2) is 9.03. The molecule has 1 atom stereocenters. The van der Waals surface area contributed by atoms with Crippen LogP contribution >= 0.6 is 0 Å². The van der Waals surface area contributed by atoms with Crippen LogP contribution in [0.5, 0.6) is 0 Å². The van der Waals surface area contributed by atoms with Crippen LogP contribution in [0.15, 0.2) is 0 Å². The molecule has 0 aliphatic heterocycles. The Labute approximate surface area is 118 Å². The highest BCUT2D eigenvalue weighted by Gasteiger charge is 2.27. The predicted molar refractivity (Wildman–Crippen MR) is 72.6 cm³/mol. The summed E-state index contributed by atoms with van der Waals surface area (Å²) in [6, 6.07) is -0.902. The number of nitrogens with zero attached hydrogens (tertiary/aromatic N) is 1. The molecule has 0 radical (unpaired) electrons. The van der Waals surface area contributed by atoms with Gasteiger partial charge in [0.2, 0.25) is 17.7 Å². The summed E-state index contributed by atoms with van der Waals surface area (Å²) >= 11 is 0. The molecular weight excluding hydrogens is 264 g/mol. The molecule has 0 aliphatic rings. The summed E-state index contributed by atoms with van der Waals surface area (Å²) in [4.78, 5) is 46.9. The monoisotopic (exact) mass is 286 g/mol. The van der Waals surface area contributed by atoms with Gasteiger partial charge in [0.15, 0.2) is 0 Å². The Hall–Kier alpha value is -1.96. The van der Waals surface area contributed by atoms with E-state index in [1.807, 2.05) is 0 Å². The van der Waals surface area contributed by atoms with E-state index in [1.54, 1.807) is 0 Å². The molecule has 114 valence electrons. The standard InChI is InChI=1S/C12H22N4O4/c1-8(17)6-10(12(20)14-5-4-13)16(3)11(19)7-15-9(2)18/h10H,4-7,13H2,1-3H3,(H,14,20)(H,15,18). The van der Waals surface area contributed by atoms with Crippen molar-refractivity contribution < 1.29 is 19.2 Å². The van der Waals surface area contributed by atoms with Crippen molar-refractivity contribution in [3.05, 3.63) is 0 Å². The fourth-order valence-corrected chi connectivity index (χ4v) is 1.49. The van der Waals surface area contributed by atoms with Gasteiger partial charge in [-0.2, -0.15) is 0 Å². The van der Waals surface area contributed by atoms with Gasteiger partial charge in [0.1, 0.15) is 11.8 Å². The lowest BCUT2D eigenvalue weighted by molar-refractivity contribution is -0.140. The van der Waals surface area contributed by atoms with E-state index in [2.05, 4.69) is 10.6 Å². The summed E-state index contributed by atoms with van der Waals surface area (Å²) in [5.74, 6) is -1.45. The number of rotatable bonds is 8. The van der Waals surface area contributed by atoms with Gasteiger partial charge in [-0.25, -0.2) is 0 Å². The highest BCUT2D eigenvalue weighted by Crippen LogP contribution is 2.04. The van der Waals surface area contributed by atoms with Crippen molar-refractivity contribution in [3.63, 3.8) is 0 Å². The van der Waals surface area contributed by atoms with Crippen molar-refractivity contribution >= 4 is 23.5 Å². The normalized spacial score (nSPS) is 11.4. The molecule has 20 heavy (non-hydrogen) atoms. The lowest BCUT2D eigenvalue weighted by atomic mass is 10.1. The number of nitrogens with two attached hydrogens (primary N) is 1. The average Bonchev–Trinajstić information content (AvgIpc) is 2.38. The first kappa shape index (κ1) is 18.0. The summed E-state index contributed by atoms with van der Waals surface area (Å²) in [5, 5.41) is 4.89. The van der Waals surface area contributed by atoms with Crippen LogP contribution in [0, 0.1) is 0 Å². The average molecular weight is 286 g/mol. The molecule has 0 aromatic rings. The number of ketones is 1. The minimum absolute atomic E-state index is 0.0846. The molecule has 0 spiro atoms. The topological polar surface area (TPSA) is 122 Å². The van der Waals surface area contributed by atoms with Gasteiger partial charge in [0.25, 0.3) is 0 Å². The van der Waals surface area contributed by atoms with Gasteiger partial charge in [0.05, 0.1) is 6.54 Å². The Morgan fingerprint density at radius 3 is 2.20 bits per heavy atom. The number of nitrogens with one attached hydrogen (secondary N) is 2. The van der Waals surface area contributed by atoms with Gasteiger partial charge < -0.3 is 21.3 Å². The maximum atomic E-state index is 11.9. The van der Waals surface area contributed by atoms with Crippen molar-refractivity contribution in [2.24, 2.45) is 5.73 Å². The number of Topliss-reactive ketones (excluding diaryl/α,β-unsaturated/α-hetero) is 1. The molecule has 0 saturated heterocycles. The summed E-state index contributed by atoms with van der Waals surface area (Å²) in [5.41, 5.74) is 5.29. The zero-order valence-electron chi connectivity index (χ0n) is 12.1. The third-order valence-electron chi connectivity index (χ3n) is 2.58. The maximum Gasteiger partial charge on any atom is 0.243 e. The number of carbonyl (C=O) groups excluding carboxylic acids is 4. The van der Waals surface area contributed by atoms with Crippen LogP contribution in [0.3, 0.4) is 0 Å². The largest absolute Gasteiger partial charge is 0.353 e. The molecule has 0 heterocycles.